The molecule has 0 N–H and O–H groups in total. The van der Waals surface area contributed by atoms with Crippen LogP contribution < -0.4 is 9.80 Å². The summed E-state index contributed by atoms with van der Waals surface area (Å²) in [6.07, 6.45) is 0. The zero-order chi connectivity index (χ0) is 48.9. The minimum absolute atomic E-state index is 0.186. The minimum atomic E-state index is -0.186. The van der Waals surface area contributed by atoms with E-state index in [2.05, 4.69) is 303 Å². The van der Waals surface area contributed by atoms with E-state index in [1.165, 1.54) is 71.6 Å². The van der Waals surface area contributed by atoms with E-state index in [4.69, 9.17) is 0 Å². The SMILES string of the molecule is CC1(C)c2ccccc2-c2ccc(N(c3ccccc3)c3cc(-c4cc(-c5ccccc5)c5ccccc5c4-c4ccccc4)cc(N(c4ccccc4)c4ccc5ccccc5c4-c4ccccc4)c3)cc21. The fourth-order valence-electron chi connectivity index (χ4n) is 11.6. The normalized spacial score (nSPS) is 12.4. The Morgan fingerprint density at radius 2 is 0.767 bits per heavy atom. The second-order valence-corrected chi connectivity index (χ2v) is 19.7. The molecule has 0 aromatic heterocycles. The number of para-hydroxylation sites is 2. The molecule has 0 aliphatic heterocycles. The van der Waals surface area contributed by atoms with E-state index in [0.29, 0.717) is 0 Å². The summed E-state index contributed by atoms with van der Waals surface area (Å²) in [5, 5.41) is 4.82. The largest absolute Gasteiger partial charge is 0.310 e. The van der Waals surface area contributed by atoms with Crippen molar-refractivity contribution in [3.8, 4) is 55.6 Å². The van der Waals surface area contributed by atoms with Crippen molar-refractivity contribution in [3.63, 3.8) is 0 Å². The van der Waals surface area contributed by atoms with E-state index >= 15 is 0 Å². The number of benzene rings is 12. The number of fused-ring (bicyclic) bond motifs is 5. The molecule has 12 aromatic rings. The third kappa shape index (κ3) is 7.67. The summed E-state index contributed by atoms with van der Waals surface area (Å²) in [5.41, 5.74) is 20.9. The van der Waals surface area contributed by atoms with Crippen LogP contribution in [0.5, 0.6) is 0 Å². The molecule has 0 radical (unpaired) electrons. The summed E-state index contributed by atoms with van der Waals surface area (Å²) in [7, 11) is 0. The predicted octanol–water partition coefficient (Wildman–Crippen LogP) is 19.9. The molecule has 0 amide bonds. The Kier molecular flexibility index (Phi) is 10.9. The Labute approximate surface area is 428 Å². The molecule has 13 rings (SSSR count). The van der Waals surface area contributed by atoms with Gasteiger partial charge in [-0.15, -0.1) is 0 Å². The molecule has 0 spiro atoms. The van der Waals surface area contributed by atoms with Crippen LogP contribution in [0.1, 0.15) is 25.0 Å². The zero-order valence-electron chi connectivity index (χ0n) is 41.0. The first-order valence-corrected chi connectivity index (χ1v) is 25.3. The summed E-state index contributed by atoms with van der Waals surface area (Å²) < 4.78 is 0. The molecule has 0 heterocycles. The Bertz CT molecular complexity index is 3980. The summed E-state index contributed by atoms with van der Waals surface area (Å²) in [6.45, 7) is 4.74. The van der Waals surface area contributed by atoms with Gasteiger partial charge in [0.1, 0.15) is 0 Å². The molecule has 0 atom stereocenters. The van der Waals surface area contributed by atoms with Crippen LogP contribution in [-0.4, -0.2) is 0 Å². The Morgan fingerprint density at radius 3 is 1.44 bits per heavy atom. The van der Waals surface area contributed by atoms with Gasteiger partial charge in [0.2, 0.25) is 0 Å². The van der Waals surface area contributed by atoms with Gasteiger partial charge in [0.25, 0.3) is 0 Å². The van der Waals surface area contributed by atoms with Gasteiger partial charge in [-0.25, -0.2) is 0 Å². The number of nitrogens with zero attached hydrogens (tertiary/aromatic N) is 2. The quantitative estimate of drug-likeness (QED) is 0.135. The van der Waals surface area contributed by atoms with Crippen molar-refractivity contribution in [2.45, 2.75) is 19.3 Å². The molecule has 1 aliphatic carbocycles. The van der Waals surface area contributed by atoms with Gasteiger partial charge in [0.15, 0.2) is 0 Å². The number of hydrogen-bond acceptors (Lipinski definition) is 2. The molecule has 0 unspecified atom stereocenters. The highest BCUT2D eigenvalue weighted by Crippen LogP contribution is 2.53. The van der Waals surface area contributed by atoms with Gasteiger partial charge in [0.05, 0.1) is 5.69 Å². The number of rotatable bonds is 10. The second kappa shape index (κ2) is 18.2. The van der Waals surface area contributed by atoms with Crippen molar-refractivity contribution < 1.29 is 0 Å². The summed E-state index contributed by atoms with van der Waals surface area (Å²) in [6, 6.07) is 103. The summed E-state index contributed by atoms with van der Waals surface area (Å²) >= 11 is 0. The van der Waals surface area contributed by atoms with E-state index < -0.39 is 0 Å². The highest BCUT2D eigenvalue weighted by molar-refractivity contribution is 6.12. The lowest BCUT2D eigenvalue weighted by atomic mass is 9.82. The van der Waals surface area contributed by atoms with Crippen molar-refractivity contribution in [1.29, 1.82) is 0 Å². The van der Waals surface area contributed by atoms with Crippen LogP contribution in [-0.2, 0) is 5.41 Å². The fourth-order valence-corrected chi connectivity index (χ4v) is 11.6. The van der Waals surface area contributed by atoms with Crippen LogP contribution in [0.15, 0.2) is 279 Å². The van der Waals surface area contributed by atoms with E-state index in [0.717, 1.165) is 50.8 Å². The van der Waals surface area contributed by atoms with Crippen LogP contribution in [0.4, 0.5) is 34.1 Å². The van der Waals surface area contributed by atoms with E-state index in [9.17, 15) is 0 Å². The molecule has 2 heteroatoms. The lowest BCUT2D eigenvalue weighted by molar-refractivity contribution is 0.660. The lowest BCUT2D eigenvalue weighted by Gasteiger charge is -2.32. The monoisotopic (exact) mass is 932 g/mol. The van der Waals surface area contributed by atoms with Crippen LogP contribution >= 0.6 is 0 Å². The lowest BCUT2D eigenvalue weighted by Crippen LogP contribution is -2.17. The van der Waals surface area contributed by atoms with E-state index in [1.54, 1.807) is 0 Å². The van der Waals surface area contributed by atoms with Gasteiger partial charge in [-0.1, -0.05) is 226 Å². The van der Waals surface area contributed by atoms with Crippen LogP contribution in [0.25, 0.3) is 77.2 Å². The summed E-state index contributed by atoms with van der Waals surface area (Å²) in [5.74, 6) is 0. The molecule has 0 fully saturated rings. The van der Waals surface area contributed by atoms with Crippen molar-refractivity contribution in [2.75, 3.05) is 9.80 Å². The van der Waals surface area contributed by atoms with Gasteiger partial charge in [-0.05, 0) is 149 Å². The maximum absolute atomic E-state index is 2.48. The van der Waals surface area contributed by atoms with Gasteiger partial charge < -0.3 is 9.80 Å². The standard InChI is InChI=1S/C71H52N2/c1-71(2)66-39-23-22-37-61(66)62-42-41-56(47-67(62)71)72(54-31-14-6-15-32-54)57-44-53(65-48-64(49-24-8-3-9-25-49)60-36-20-21-38-63(60)69(65)51-27-10-4-11-28-51)45-58(46-57)73(55-33-16-7-17-34-55)68-43-40-50-26-18-19-35-59(50)70(68)52-29-12-5-13-30-52/h3-48H,1-2H3. The molecule has 0 bridgehead atoms. The third-order valence-electron chi connectivity index (χ3n) is 15.0. The molecule has 0 saturated heterocycles. The number of hydrogen-bond donors (Lipinski definition) is 0. The Hall–Kier alpha value is -9.24. The van der Waals surface area contributed by atoms with Crippen LogP contribution in [0.2, 0.25) is 0 Å². The van der Waals surface area contributed by atoms with Crippen molar-refractivity contribution in [1.82, 2.24) is 0 Å². The zero-order valence-corrected chi connectivity index (χ0v) is 41.0. The summed E-state index contributed by atoms with van der Waals surface area (Å²) in [4.78, 5) is 4.95. The first-order chi connectivity index (χ1) is 36.0. The second-order valence-electron chi connectivity index (χ2n) is 19.7. The first kappa shape index (κ1) is 43.8. The van der Waals surface area contributed by atoms with E-state index in [-0.39, 0.29) is 5.41 Å². The van der Waals surface area contributed by atoms with Gasteiger partial charge in [0, 0.05) is 39.4 Å². The van der Waals surface area contributed by atoms with Gasteiger partial charge in [-0.2, -0.15) is 0 Å². The molecule has 346 valence electrons. The minimum Gasteiger partial charge on any atom is -0.310 e. The Balaban J connectivity index is 1.15. The molecular formula is C71H52N2. The Morgan fingerprint density at radius 1 is 0.260 bits per heavy atom. The van der Waals surface area contributed by atoms with Crippen molar-refractivity contribution in [3.05, 3.63) is 290 Å². The fraction of sp³-hybridized carbons (Fsp3) is 0.0423. The average molecular weight is 933 g/mol. The van der Waals surface area contributed by atoms with Crippen molar-refractivity contribution >= 4 is 55.7 Å². The maximum Gasteiger partial charge on any atom is 0.0546 e. The molecule has 12 aromatic carbocycles. The van der Waals surface area contributed by atoms with E-state index in [1.807, 2.05) is 0 Å². The van der Waals surface area contributed by atoms with Crippen LogP contribution in [0, 0.1) is 0 Å². The smallest absolute Gasteiger partial charge is 0.0546 e. The molecular weight excluding hydrogens is 881 g/mol. The predicted molar refractivity (Wildman–Crippen MR) is 310 cm³/mol. The molecule has 0 saturated carbocycles. The van der Waals surface area contributed by atoms with Crippen LogP contribution in [0.3, 0.4) is 0 Å². The molecule has 2 nitrogen and oxygen atoms in total. The van der Waals surface area contributed by atoms with Crippen molar-refractivity contribution in [2.24, 2.45) is 0 Å². The van der Waals surface area contributed by atoms with Gasteiger partial charge >= 0.3 is 0 Å². The average Bonchev–Trinajstić information content (AvgIpc) is 3.69. The topological polar surface area (TPSA) is 6.48 Å². The molecule has 73 heavy (non-hydrogen) atoms. The highest BCUT2D eigenvalue weighted by Gasteiger charge is 2.36. The first-order valence-electron chi connectivity index (χ1n) is 25.3. The molecule has 1 aliphatic rings. The maximum atomic E-state index is 2.48. The van der Waals surface area contributed by atoms with Gasteiger partial charge in [-0.3, -0.25) is 0 Å². The highest BCUT2D eigenvalue weighted by atomic mass is 15.2. The number of anilines is 6. The third-order valence-corrected chi connectivity index (χ3v) is 15.0.